The highest BCUT2D eigenvalue weighted by atomic mass is 16.3. The molecule has 1 unspecified atom stereocenters. The summed E-state index contributed by atoms with van der Waals surface area (Å²) in [7, 11) is 1.88. The van der Waals surface area contributed by atoms with Gasteiger partial charge in [-0.2, -0.15) is 5.10 Å². The number of nitrogens with zero attached hydrogens (tertiary/aromatic N) is 4. The van der Waals surface area contributed by atoms with Crippen molar-refractivity contribution in [3.63, 3.8) is 0 Å². The topological polar surface area (TPSA) is 68.8 Å². The quantitative estimate of drug-likeness (QED) is 0.801. The molecule has 3 aromatic heterocycles. The second-order valence-electron chi connectivity index (χ2n) is 5.36. The molecule has 1 atom stereocenters. The van der Waals surface area contributed by atoms with Crippen LogP contribution in [0.3, 0.4) is 0 Å². The predicted octanol–water partition coefficient (Wildman–Crippen LogP) is 3.05. The molecule has 0 amide bonds. The van der Waals surface area contributed by atoms with Crippen molar-refractivity contribution in [1.29, 1.82) is 0 Å². The molecule has 0 fully saturated rings. The van der Waals surface area contributed by atoms with E-state index in [1.807, 2.05) is 27.8 Å². The van der Waals surface area contributed by atoms with E-state index in [2.05, 4.69) is 33.4 Å². The van der Waals surface area contributed by atoms with Crippen LogP contribution in [0.4, 0.5) is 5.82 Å². The Morgan fingerprint density at radius 1 is 1.24 bits per heavy atom. The standard InChI is InChI=1S/C15H19N5O/c1-8-6-12(10(3)21-8)9(2)17-14-13-7-16-20(5)15(13)19-11(4)18-14/h6-7,9H,1-5H3,(H,17,18,19). The van der Waals surface area contributed by atoms with Crippen LogP contribution in [0.15, 0.2) is 16.7 Å². The third-order valence-corrected chi connectivity index (χ3v) is 3.60. The first-order valence-electron chi connectivity index (χ1n) is 6.95. The molecular formula is C15H19N5O. The van der Waals surface area contributed by atoms with E-state index in [9.17, 15) is 0 Å². The summed E-state index contributed by atoms with van der Waals surface area (Å²) in [5, 5.41) is 8.62. The summed E-state index contributed by atoms with van der Waals surface area (Å²) in [5.74, 6) is 3.37. The van der Waals surface area contributed by atoms with Gasteiger partial charge < -0.3 is 9.73 Å². The van der Waals surface area contributed by atoms with Gasteiger partial charge in [-0.1, -0.05) is 0 Å². The van der Waals surface area contributed by atoms with Crippen LogP contribution in [0.5, 0.6) is 0 Å². The molecule has 0 saturated carbocycles. The smallest absolute Gasteiger partial charge is 0.163 e. The fourth-order valence-corrected chi connectivity index (χ4v) is 2.60. The lowest BCUT2D eigenvalue weighted by Gasteiger charge is -2.14. The van der Waals surface area contributed by atoms with Gasteiger partial charge in [0.2, 0.25) is 0 Å². The minimum absolute atomic E-state index is 0.0974. The number of hydrogen-bond acceptors (Lipinski definition) is 5. The number of aromatic nitrogens is 4. The average Bonchev–Trinajstić information content (AvgIpc) is 2.93. The average molecular weight is 285 g/mol. The normalized spacial score (nSPS) is 12.8. The molecule has 0 aliphatic carbocycles. The molecule has 110 valence electrons. The molecule has 3 aromatic rings. The Kier molecular flexibility index (Phi) is 3.16. The van der Waals surface area contributed by atoms with E-state index >= 15 is 0 Å². The molecule has 0 saturated heterocycles. The summed E-state index contributed by atoms with van der Waals surface area (Å²) in [6.07, 6.45) is 1.79. The maximum absolute atomic E-state index is 5.60. The van der Waals surface area contributed by atoms with Crippen molar-refractivity contribution in [2.75, 3.05) is 5.32 Å². The van der Waals surface area contributed by atoms with Crippen LogP contribution < -0.4 is 5.32 Å². The van der Waals surface area contributed by atoms with Crippen molar-refractivity contribution >= 4 is 16.9 Å². The molecule has 0 bridgehead atoms. The third kappa shape index (κ3) is 2.37. The van der Waals surface area contributed by atoms with Crippen LogP contribution in [0, 0.1) is 20.8 Å². The Balaban J connectivity index is 2.00. The highest BCUT2D eigenvalue weighted by molar-refractivity contribution is 5.86. The zero-order valence-corrected chi connectivity index (χ0v) is 12.9. The number of fused-ring (bicyclic) bond motifs is 1. The molecule has 6 nitrogen and oxygen atoms in total. The number of furan rings is 1. The molecule has 21 heavy (non-hydrogen) atoms. The Morgan fingerprint density at radius 3 is 2.67 bits per heavy atom. The van der Waals surface area contributed by atoms with Gasteiger partial charge in [-0.3, -0.25) is 4.68 Å². The molecule has 0 radical (unpaired) electrons. The van der Waals surface area contributed by atoms with Crippen molar-refractivity contribution in [3.05, 3.63) is 35.2 Å². The molecule has 3 heterocycles. The Hall–Kier alpha value is -2.37. The van der Waals surface area contributed by atoms with Crippen LogP contribution in [0.2, 0.25) is 0 Å². The predicted molar refractivity (Wildman–Crippen MR) is 81.3 cm³/mol. The van der Waals surface area contributed by atoms with Gasteiger partial charge in [-0.25, -0.2) is 9.97 Å². The minimum atomic E-state index is 0.0974. The SMILES string of the molecule is Cc1nc(NC(C)c2cc(C)oc2C)c2cnn(C)c2n1. The maximum Gasteiger partial charge on any atom is 0.163 e. The highest BCUT2D eigenvalue weighted by Crippen LogP contribution is 2.27. The van der Waals surface area contributed by atoms with Crippen molar-refractivity contribution < 1.29 is 4.42 Å². The summed E-state index contributed by atoms with van der Waals surface area (Å²) in [6.45, 7) is 7.91. The first-order chi connectivity index (χ1) is 9.95. The number of hydrogen-bond donors (Lipinski definition) is 1. The molecular weight excluding hydrogens is 266 g/mol. The minimum Gasteiger partial charge on any atom is -0.466 e. The van der Waals surface area contributed by atoms with Gasteiger partial charge in [0.05, 0.1) is 17.6 Å². The Labute approximate surface area is 123 Å². The van der Waals surface area contributed by atoms with Gasteiger partial charge in [-0.15, -0.1) is 0 Å². The van der Waals surface area contributed by atoms with Crippen LogP contribution in [-0.4, -0.2) is 19.7 Å². The van der Waals surface area contributed by atoms with Crippen molar-refractivity contribution in [2.24, 2.45) is 7.05 Å². The molecule has 0 spiro atoms. The summed E-state index contributed by atoms with van der Waals surface area (Å²) >= 11 is 0. The van der Waals surface area contributed by atoms with Crippen LogP contribution in [0.25, 0.3) is 11.0 Å². The van der Waals surface area contributed by atoms with Crippen LogP contribution in [0.1, 0.15) is 35.9 Å². The monoisotopic (exact) mass is 285 g/mol. The second-order valence-corrected chi connectivity index (χ2v) is 5.36. The van der Waals surface area contributed by atoms with Crippen LogP contribution >= 0.6 is 0 Å². The Bertz CT molecular complexity index is 802. The number of aryl methyl sites for hydroxylation is 4. The van der Waals surface area contributed by atoms with Gasteiger partial charge >= 0.3 is 0 Å². The molecule has 0 aromatic carbocycles. The largest absolute Gasteiger partial charge is 0.466 e. The lowest BCUT2D eigenvalue weighted by atomic mass is 10.1. The van der Waals surface area contributed by atoms with E-state index in [-0.39, 0.29) is 6.04 Å². The van der Waals surface area contributed by atoms with Gasteiger partial charge in [0.1, 0.15) is 23.2 Å². The summed E-state index contributed by atoms with van der Waals surface area (Å²) in [4.78, 5) is 8.94. The number of anilines is 1. The first-order valence-corrected chi connectivity index (χ1v) is 6.95. The lowest BCUT2D eigenvalue weighted by Crippen LogP contribution is -2.09. The van der Waals surface area contributed by atoms with E-state index < -0.39 is 0 Å². The molecule has 1 N–H and O–H groups in total. The van der Waals surface area contributed by atoms with Gasteiger partial charge in [-0.05, 0) is 33.8 Å². The van der Waals surface area contributed by atoms with Crippen molar-refractivity contribution in [1.82, 2.24) is 19.7 Å². The molecule has 3 rings (SSSR count). The highest BCUT2D eigenvalue weighted by Gasteiger charge is 2.16. The van der Waals surface area contributed by atoms with Crippen LogP contribution in [-0.2, 0) is 7.05 Å². The summed E-state index contributed by atoms with van der Waals surface area (Å²) in [6, 6.07) is 2.15. The van der Waals surface area contributed by atoms with Crippen molar-refractivity contribution in [2.45, 2.75) is 33.7 Å². The summed E-state index contributed by atoms with van der Waals surface area (Å²) in [5.41, 5.74) is 1.97. The van der Waals surface area contributed by atoms with Gasteiger partial charge in [0.25, 0.3) is 0 Å². The summed E-state index contributed by atoms with van der Waals surface area (Å²) < 4.78 is 7.36. The van der Waals surface area contributed by atoms with Crippen molar-refractivity contribution in [3.8, 4) is 0 Å². The van der Waals surface area contributed by atoms with E-state index in [4.69, 9.17) is 4.42 Å². The van der Waals surface area contributed by atoms with E-state index in [0.29, 0.717) is 0 Å². The zero-order valence-electron chi connectivity index (χ0n) is 12.9. The van der Waals surface area contributed by atoms with Gasteiger partial charge in [0, 0.05) is 12.6 Å². The first kappa shape index (κ1) is 13.6. The Morgan fingerprint density at radius 2 is 2.00 bits per heavy atom. The lowest BCUT2D eigenvalue weighted by molar-refractivity contribution is 0.500. The number of rotatable bonds is 3. The number of nitrogens with one attached hydrogen (secondary N) is 1. The zero-order chi connectivity index (χ0) is 15.1. The second kappa shape index (κ2) is 4.87. The fourth-order valence-electron chi connectivity index (χ4n) is 2.60. The molecule has 0 aliphatic heterocycles. The third-order valence-electron chi connectivity index (χ3n) is 3.60. The van der Waals surface area contributed by atoms with Gasteiger partial charge in [0.15, 0.2) is 5.65 Å². The fraction of sp³-hybridized carbons (Fsp3) is 0.400. The van der Waals surface area contributed by atoms with E-state index in [0.717, 1.165) is 39.8 Å². The molecule has 0 aliphatic rings. The van der Waals surface area contributed by atoms with E-state index in [1.165, 1.54) is 0 Å². The van der Waals surface area contributed by atoms with E-state index in [1.54, 1.807) is 10.9 Å². The maximum atomic E-state index is 5.60. The molecule has 6 heteroatoms.